The van der Waals surface area contributed by atoms with Gasteiger partial charge in [-0.25, -0.2) is 4.98 Å². The van der Waals surface area contributed by atoms with Gasteiger partial charge >= 0.3 is 0 Å². The van der Waals surface area contributed by atoms with Gasteiger partial charge in [0, 0.05) is 11.9 Å². The number of halogens is 1. The van der Waals surface area contributed by atoms with Crippen LogP contribution in [-0.2, 0) is 0 Å². The molecule has 0 atom stereocenters. The summed E-state index contributed by atoms with van der Waals surface area (Å²) in [7, 11) is 0. The van der Waals surface area contributed by atoms with Gasteiger partial charge < -0.3 is 10.3 Å². The van der Waals surface area contributed by atoms with Gasteiger partial charge in [-0.1, -0.05) is 0 Å². The number of rotatable bonds is 3. The second-order valence-corrected chi connectivity index (χ2v) is 5.15. The monoisotopic (exact) mass is 309 g/mol. The zero-order valence-corrected chi connectivity index (χ0v) is 11.4. The van der Waals surface area contributed by atoms with E-state index in [1.54, 1.807) is 13.1 Å². The van der Waals surface area contributed by atoms with Gasteiger partial charge in [0.1, 0.15) is 4.60 Å². The van der Waals surface area contributed by atoms with Crippen LogP contribution in [0.1, 0.15) is 24.6 Å². The van der Waals surface area contributed by atoms with E-state index in [1.165, 1.54) is 12.8 Å². The number of anilines is 2. The summed E-state index contributed by atoms with van der Waals surface area (Å²) in [6.07, 6.45) is 5.95. The van der Waals surface area contributed by atoms with E-state index in [0.29, 0.717) is 16.3 Å². The third-order valence-corrected chi connectivity index (χ3v) is 3.59. The van der Waals surface area contributed by atoms with E-state index in [4.69, 9.17) is 0 Å². The van der Waals surface area contributed by atoms with Gasteiger partial charge in [-0.05, 0) is 35.7 Å². The molecule has 2 aromatic rings. The van der Waals surface area contributed by atoms with Crippen molar-refractivity contribution in [1.82, 2.24) is 19.7 Å². The number of hydrogen-bond donors (Lipinski definition) is 2. The van der Waals surface area contributed by atoms with Crippen LogP contribution in [-0.4, -0.2) is 19.7 Å². The van der Waals surface area contributed by atoms with E-state index < -0.39 is 0 Å². The highest BCUT2D eigenvalue weighted by molar-refractivity contribution is 9.10. The number of nitrogens with one attached hydrogen (secondary N) is 2. The Hall–Kier alpha value is -1.63. The second kappa shape index (κ2) is 4.24. The molecule has 94 valence electrons. The van der Waals surface area contributed by atoms with Crippen molar-refractivity contribution in [1.29, 1.82) is 0 Å². The first-order valence-electron chi connectivity index (χ1n) is 5.71. The van der Waals surface area contributed by atoms with Crippen LogP contribution in [0.4, 0.5) is 11.5 Å². The molecule has 2 aromatic heterocycles. The van der Waals surface area contributed by atoms with E-state index in [9.17, 15) is 4.79 Å². The van der Waals surface area contributed by atoms with Crippen molar-refractivity contribution in [2.24, 2.45) is 0 Å². The third-order valence-electron chi connectivity index (χ3n) is 2.82. The van der Waals surface area contributed by atoms with Gasteiger partial charge in [-0.3, -0.25) is 9.48 Å². The molecular weight excluding hydrogens is 298 g/mol. The molecule has 0 spiro atoms. The minimum Gasteiger partial charge on any atom is -0.333 e. The predicted molar refractivity (Wildman–Crippen MR) is 71.1 cm³/mol. The zero-order chi connectivity index (χ0) is 12.7. The minimum atomic E-state index is -0.241. The number of hydrogen-bond acceptors (Lipinski definition) is 4. The Morgan fingerprint density at radius 2 is 2.33 bits per heavy atom. The fraction of sp³-hybridized carbons (Fsp3) is 0.364. The molecule has 1 aliphatic carbocycles. The van der Waals surface area contributed by atoms with Crippen molar-refractivity contribution in [2.75, 3.05) is 5.32 Å². The Kier molecular flexibility index (Phi) is 2.70. The van der Waals surface area contributed by atoms with E-state index in [0.717, 1.165) is 5.69 Å². The van der Waals surface area contributed by atoms with E-state index in [-0.39, 0.29) is 11.4 Å². The van der Waals surface area contributed by atoms with Crippen molar-refractivity contribution < 1.29 is 0 Å². The number of nitrogens with zero attached hydrogens (tertiary/aromatic N) is 3. The molecular formula is C11H12BrN5O. The molecule has 3 rings (SSSR count). The van der Waals surface area contributed by atoms with Crippen LogP contribution in [0, 0.1) is 6.92 Å². The molecule has 7 heteroatoms. The highest BCUT2D eigenvalue weighted by atomic mass is 79.9. The normalized spacial score (nSPS) is 14.8. The van der Waals surface area contributed by atoms with Gasteiger partial charge in [-0.2, -0.15) is 5.10 Å². The number of aromatic amines is 1. The quantitative estimate of drug-likeness (QED) is 0.910. The van der Waals surface area contributed by atoms with Gasteiger partial charge in [0.2, 0.25) is 0 Å². The Morgan fingerprint density at radius 3 is 3.06 bits per heavy atom. The van der Waals surface area contributed by atoms with Crippen LogP contribution in [0.15, 0.2) is 21.8 Å². The summed E-state index contributed by atoms with van der Waals surface area (Å²) < 4.78 is 2.54. The van der Waals surface area contributed by atoms with Crippen molar-refractivity contribution in [2.45, 2.75) is 25.8 Å². The fourth-order valence-corrected chi connectivity index (χ4v) is 1.95. The number of aromatic nitrogens is 4. The van der Waals surface area contributed by atoms with Gasteiger partial charge in [0.15, 0.2) is 5.82 Å². The van der Waals surface area contributed by atoms with E-state index in [2.05, 4.69) is 36.3 Å². The Balaban J connectivity index is 1.86. The molecule has 2 N–H and O–H groups in total. The molecule has 1 aliphatic rings. The highest BCUT2D eigenvalue weighted by Crippen LogP contribution is 2.34. The lowest BCUT2D eigenvalue weighted by molar-refractivity contribution is 0.642. The Labute approximate surface area is 112 Å². The van der Waals surface area contributed by atoms with Crippen molar-refractivity contribution in [3.63, 3.8) is 0 Å². The molecule has 1 saturated carbocycles. The van der Waals surface area contributed by atoms with Crippen LogP contribution >= 0.6 is 15.9 Å². The molecule has 0 unspecified atom stereocenters. The average Bonchev–Trinajstić information content (AvgIpc) is 3.07. The first-order valence-corrected chi connectivity index (χ1v) is 6.50. The van der Waals surface area contributed by atoms with Crippen LogP contribution in [0.25, 0.3) is 0 Å². The van der Waals surface area contributed by atoms with Gasteiger partial charge in [-0.15, -0.1) is 0 Å². The lowest BCUT2D eigenvalue weighted by atomic mass is 10.5. The lowest BCUT2D eigenvalue weighted by Crippen LogP contribution is -2.15. The van der Waals surface area contributed by atoms with Crippen molar-refractivity contribution in [3.05, 3.63) is 33.0 Å². The van der Waals surface area contributed by atoms with Crippen LogP contribution in [0.5, 0.6) is 0 Å². The molecule has 1 fully saturated rings. The molecule has 0 radical (unpaired) electrons. The number of aryl methyl sites for hydroxylation is 1. The largest absolute Gasteiger partial charge is 0.333 e. The van der Waals surface area contributed by atoms with Crippen LogP contribution in [0.2, 0.25) is 0 Å². The molecule has 0 saturated heterocycles. The zero-order valence-electron chi connectivity index (χ0n) is 9.77. The summed E-state index contributed by atoms with van der Waals surface area (Å²) in [6, 6.07) is 0.525. The van der Waals surface area contributed by atoms with E-state index in [1.807, 2.05) is 10.9 Å². The van der Waals surface area contributed by atoms with E-state index >= 15 is 0 Å². The molecule has 18 heavy (non-hydrogen) atoms. The fourth-order valence-electron chi connectivity index (χ4n) is 1.68. The standard InChI is InChI=1S/C11H12BrN5O/c1-6-9(12)16-10(11(18)14-6)15-7-4-13-17(5-7)8-2-3-8/h4-5,8H,2-3H2,1H3,(H,14,18)(H,15,16). The lowest BCUT2D eigenvalue weighted by Gasteiger charge is -2.03. The summed E-state index contributed by atoms with van der Waals surface area (Å²) >= 11 is 3.29. The first-order chi connectivity index (χ1) is 8.63. The third kappa shape index (κ3) is 2.17. The topological polar surface area (TPSA) is 75.6 Å². The predicted octanol–water partition coefficient (Wildman–Crippen LogP) is 2.12. The second-order valence-electron chi connectivity index (χ2n) is 4.40. The van der Waals surface area contributed by atoms with Crippen molar-refractivity contribution >= 4 is 27.4 Å². The molecule has 0 aromatic carbocycles. The summed E-state index contributed by atoms with van der Waals surface area (Å²) in [5.74, 6) is 0.267. The summed E-state index contributed by atoms with van der Waals surface area (Å²) in [6.45, 7) is 1.79. The Morgan fingerprint density at radius 1 is 1.56 bits per heavy atom. The molecule has 0 bridgehead atoms. The maximum atomic E-state index is 11.7. The average molecular weight is 310 g/mol. The SMILES string of the molecule is Cc1[nH]c(=O)c(Nc2cnn(C3CC3)c2)nc1Br. The summed E-state index contributed by atoms with van der Waals surface area (Å²) in [5, 5.41) is 7.22. The maximum Gasteiger partial charge on any atom is 0.291 e. The smallest absolute Gasteiger partial charge is 0.291 e. The Bertz CT molecular complexity index is 643. The van der Waals surface area contributed by atoms with Gasteiger partial charge in [0.05, 0.1) is 17.9 Å². The molecule has 2 heterocycles. The van der Waals surface area contributed by atoms with Crippen LogP contribution in [0.3, 0.4) is 0 Å². The maximum absolute atomic E-state index is 11.7. The van der Waals surface area contributed by atoms with Crippen LogP contribution < -0.4 is 10.9 Å². The molecule has 0 amide bonds. The molecule has 0 aliphatic heterocycles. The molecule has 6 nitrogen and oxygen atoms in total. The highest BCUT2D eigenvalue weighted by Gasteiger charge is 2.24. The number of H-pyrrole nitrogens is 1. The van der Waals surface area contributed by atoms with Gasteiger partial charge in [0.25, 0.3) is 5.56 Å². The summed E-state index contributed by atoms with van der Waals surface area (Å²) in [5.41, 5.74) is 1.24. The van der Waals surface area contributed by atoms with Crippen molar-refractivity contribution in [3.8, 4) is 0 Å². The first kappa shape index (κ1) is 11.5. The minimum absolute atomic E-state index is 0.241. The summed E-state index contributed by atoms with van der Waals surface area (Å²) in [4.78, 5) is 18.6.